The number of halogens is 1. The fraction of sp³-hybridized carbons (Fsp3) is 0.133. The van der Waals surface area contributed by atoms with Gasteiger partial charge in [-0.3, -0.25) is 4.79 Å². The molecule has 4 heteroatoms. The van der Waals surface area contributed by atoms with Crippen molar-refractivity contribution < 1.29 is 9.53 Å². The van der Waals surface area contributed by atoms with Crippen molar-refractivity contribution >= 4 is 23.6 Å². The van der Waals surface area contributed by atoms with E-state index in [9.17, 15) is 4.79 Å². The Kier molecular flexibility index (Phi) is 4.07. The van der Waals surface area contributed by atoms with Gasteiger partial charge in [0.25, 0.3) is 0 Å². The number of hydrogen-bond donors (Lipinski definition) is 0. The van der Waals surface area contributed by atoms with Crippen molar-refractivity contribution in [3.05, 3.63) is 53.1 Å². The predicted octanol–water partition coefficient (Wildman–Crippen LogP) is 4.01. The van der Waals surface area contributed by atoms with Gasteiger partial charge in [0, 0.05) is 25.8 Å². The highest BCUT2D eigenvalue weighted by molar-refractivity contribution is 6.32. The minimum atomic E-state index is 0.384. The average Bonchev–Trinajstić information content (AvgIpc) is 2.41. The number of aldehydes is 1. The zero-order valence-corrected chi connectivity index (χ0v) is 11.5. The van der Waals surface area contributed by atoms with Crippen molar-refractivity contribution in [1.29, 1.82) is 0 Å². The van der Waals surface area contributed by atoms with Gasteiger partial charge in [-0.2, -0.15) is 0 Å². The van der Waals surface area contributed by atoms with Crippen LogP contribution in [-0.4, -0.2) is 20.4 Å². The van der Waals surface area contributed by atoms with Crippen LogP contribution in [0, 0.1) is 0 Å². The second kappa shape index (κ2) is 5.76. The number of carbonyl (C=O) groups is 1. The molecule has 98 valence electrons. The second-order valence-corrected chi connectivity index (χ2v) is 4.68. The summed E-state index contributed by atoms with van der Waals surface area (Å²) in [5, 5.41) is 0.417. The quantitative estimate of drug-likeness (QED) is 0.790. The summed E-state index contributed by atoms with van der Waals surface area (Å²) in [6, 6.07) is 12.7. The lowest BCUT2D eigenvalue weighted by Crippen LogP contribution is -2.08. The molecule has 0 atom stereocenters. The van der Waals surface area contributed by atoms with Crippen LogP contribution < -0.4 is 9.64 Å². The summed E-state index contributed by atoms with van der Waals surface area (Å²) >= 11 is 6.07. The summed E-state index contributed by atoms with van der Waals surface area (Å²) in [7, 11) is 3.90. The van der Waals surface area contributed by atoms with E-state index in [1.54, 1.807) is 18.2 Å². The van der Waals surface area contributed by atoms with Crippen molar-refractivity contribution in [3.8, 4) is 11.5 Å². The fourth-order valence-corrected chi connectivity index (χ4v) is 1.89. The van der Waals surface area contributed by atoms with Crippen molar-refractivity contribution in [3.63, 3.8) is 0 Å². The summed E-state index contributed by atoms with van der Waals surface area (Å²) < 4.78 is 5.73. The molecule has 0 aliphatic rings. The zero-order chi connectivity index (χ0) is 13.8. The number of rotatable bonds is 4. The highest BCUT2D eigenvalue weighted by Gasteiger charge is 2.09. The Labute approximate surface area is 117 Å². The van der Waals surface area contributed by atoms with Gasteiger partial charge >= 0.3 is 0 Å². The molecule has 0 heterocycles. The van der Waals surface area contributed by atoms with E-state index in [-0.39, 0.29) is 0 Å². The van der Waals surface area contributed by atoms with Crippen LogP contribution >= 0.6 is 11.6 Å². The Morgan fingerprint density at radius 2 is 1.89 bits per heavy atom. The van der Waals surface area contributed by atoms with Gasteiger partial charge in [0.2, 0.25) is 0 Å². The maximum Gasteiger partial charge on any atom is 0.156 e. The number of benzene rings is 2. The first kappa shape index (κ1) is 13.4. The van der Waals surface area contributed by atoms with Crippen molar-refractivity contribution in [2.45, 2.75) is 0 Å². The van der Waals surface area contributed by atoms with Crippen LogP contribution in [0.2, 0.25) is 5.02 Å². The van der Waals surface area contributed by atoms with Gasteiger partial charge in [-0.15, -0.1) is 0 Å². The average molecular weight is 276 g/mol. The largest absolute Gasteiger partial charge is 0.455 e. The monoisotopic (exact) mass is 275 g/mol. The molecule has 0 aromatic heterocycles. The lowest BCUT2D eigenvalue weighted by atomic mass is 10.2. The summed E-state index contributed by atoms with van der Waals surface area (Å²) in [6.45, 7) is 0. The van der Waals surface area contributed by atoms with Gasteiger partial charge < -0.3 is 9.64 Å². The van der Waals surface area contributed by atoms with Crippen LogP contribution in [0.3, 0.4) is 0 Å². The number of carbonyl (C=O) groups excluding carboxylic acids is 1. The molecule has 0 saturated carbocycles. The van der Waals surface area contributed by atoms with E-state index in [4.69, 9.17) is 16.3 Å². The van der Waals surface area contributed by atoms with E-state index >= 15 is 0 Å². The molecular formula is C15H14ClNO2. The Balaban J connectivity index is 2.36. The zero-order valence-electron chi connectivity index (χ0n) is 10.8. The smallest absolute Gasteiger partial charge is 0.156 e. The number of nitrogens with zero attached hydrogens (tertiary/aromatic N) is 1. The Morgan fingerprint density at radius 1 is 1.16 bits per heavy atom. The van der Waals surface area contributed by atoms with Crippen LogP contribution in [0.15, 0.2) is 42.5 Å². The topological polar surface area (TPSA) is 29.5 Å². The highest BCUT2D eigenvalue weighted by atomic mass is 35.5. The molecule has 0 amide bonds. The molecule has 19 heavy (non-hydrogen) atoms. The fourth-order valence-electron chi connectivity index (χ4n) is 1.67. The maximum absolute atomic E-state index is 11.0. The molecule has 0 N–H and O–H groups in total. The molecule has 0 unspecified atom stereocenters. The highest BCUT2D eigenvalue weighted by Crippen LogP contribution is 2.33. The second-order valence-electron chi connectivity index (χ2n) is 4.27. The summed E-state index contributed by atoms with van der Waals surface area (Å²) in [4.78, 5) is 13.0. The first-order valence-corrected chi connectivity index (χ1v) is 6.18. The van der Waals surface area contributed by atoms with Crippen LogP contribution in [0.5, 0.6) is 11.5 Å². The molecule has 3 nitrogen and oxygen atoms in total. The van der Waals surface area contributed by atoms with Gasteiger partial charge in [0.1, 0.15) is 5.75 Å². The molecule has 0 bridgehead atoms. The van der Waals surface area contributed by atoms with Crippen molar-refractivity contribution in [2.24, 2.45) is 0 Å². The van der Waals surface area contributed by atoms with Gasteiger partial charge in [-0.1, -0.05) is 23.7 Å². The molecular weight excluding hydrogens is 262 g/mol. The third-order valence-corrected chi connectivity index (χ3v) is 2.98. The van der Waals surface area contributed by atoms with Gasteiger partial charge in [-0.25, -0.2) is 0 Å². The van der Waals surface area contributed by atoms with E-state index in [1.807, 2.05) is 43.3 Å². The van der Waals surface area contributed by atoms with Gasteiger partial charge in [0.05, 0.1) is 10.6 Å². The molecule has 2 rings (SSSR count). The number of ether oxygens (including phenoxy) is 1. The van der Waals surface area contributed by atoms with E-state index in [1.165, 1.54) is 0 Å². The van der Waals surface area contributed by atoms with E-state index in [0.29, 0.717) is 22.1 Å². The molecule has 2 aromatic carbocycles. The lowest BCUT2D eigenvalue weighted by molar-refractivity contribution is 0.112. The van der Waals surface area contributed by atoms with Crippen LogP contribution in [0.25, 0.3) is 0 Å². The van der Waals surface area contributed by atoms with E-state index in [0.717, 1.165) is 12.0 Å². The number of hydrogen-bond acceptors (Lipinski definition) is 3. The molecule has 0 aliphatic heterocycles. The number of anilines is 1. The van der Waals surface area contributed by atoms with Crippen LogP contribution in [0.1, 0.15) is 10.4 Å². The molecule has 0 aliphatic carbocycles. The normalized spacial score (nSPS) is 10.1. The molecule has 0 spiro atoms. The minimum Gasteiger partial charge on any atom is -0.455 e. The summed E-state index contributed by atoms with van der Waals surface area (Å²) in [6.07, 6.45) is 0.733. The van der Waals surface area contributed by atoms with Gasteiger partial charge in [0.15, 0.2) is 12.0 Å². The summed E-state index contributed by atoms with van der Waals surface area (Å²) in [5.41, 5.74) is 1.44. The first-order valence-electron chi connectivity index (χ1n) is 5.81. The minimum absolute atomic E-state index is 0.384. The molecule has 2 aromatic rings. The third kappa shape index (κ3) is 3.06. The van der Waals surface area contributed by atoms with E-state index < -0.39 is 0 Å². The Hall–Kier alpha value is -2.00. The summed E-state index contributed by atoms with van der Waals surface area (Å²) in [5.74, 6) is 1.03. The molecule has 0 radical (unpaired) electrons. The van der Waals surface area contributed by atoms with Crippen LogP contribution in [-0.2, 0) is 0 Å². The Morgan fingerprint density at radius 3 is 2.58 bits per heavy atom. The van der Waals surface area contributed by atoms with Crippen LogP contribution in [0.4, 0.5) is 5.69 Å². The van der Waals surface area contributed by atoms with E-state index in [2.05, 4.69) is 0 Å². The standard InChI is InChI=1S/C15H14ClNO2/c1-17(2)12-6-4-7-13(9-12)19-15-11(10-18)5-3-8-14(15)16/h3-10H,1-2H3. The number of para-hydroxylation sites is 1. The Bertz CT molecular complexity index is 596. The first-order chi connectivity index (χ1) is 9.11. The maximum atomic E-state index is 11.0. The molecule has 0 fully saturated rings. The SMILES string of the molecule is CN(C)c1cccc(Oc2c(Cl)cccc2C=O)c1. The van der Waals surface area contributed by atoms with Crippen molar-refractivity contribution in [1.82, 2.24) is 0 Å². The van der Waals surface area contributed by atoms with Crippen molar-refractivity contribution in [2.75, 3.05) is 19.0 Å². The predicted molar refractivity (Wildman–Crippen MR) is 77.7 cm³/mol. The lowest BCUT2D eigenvalue weighted by Gasteiger charge is -2.15. The van der Waals surface area contributed by atoms with Gasteiger partial charge in [-0.05, 0) is 24.3 Å². The third-order valence-electron chi connectivity index (χ3n) is 2.68. The molecule has 0 saturated heterocycles.